The van der Waals surface area contributed by atoms with E-state index in [4.69, 9.17) is 9.85 Å². The number of carbonyl (C=O) groups is 1. The number of hydrogen-bond donors (Lipinski definition) is 2. The molecule has 2 saturated carbocycles. The Balaban J connectivity index is 1.74. The zero-order valence-corrected chi connectivity index (χ0v) is 13.6. The maximum atomic E-state index is 13.0. The van der Waals surface area contributed by atoms with Crippen molar-refractivity contribution in [2.24, 2.45) is 12.9 Å². The summed E-state index contributed by atoms with van der Waals surface area (Å²) in [4.78, 5) is 29.1. The van der Waals surface area contributed by atoms with Crippen LogP contribution in [-0.2, 0) is 11.8 Å². The summed E-state index contributed by atoms with van der Waals surface area (Å²) in [5.74, 6) is 0.414. The van der Waals surface area contributed by atoms with E-state index in [9.17, 15) is 9.59 Å². The van der Waals surface area contributed by atoms with Gasteiger partial charge >= 0.3 is 5.69 Å². The number of amides is 1. The molecule has 0 aliphatic heterocycles. The normalized spacial score (nSPS) is 29.2. The number of aryl methyl sites for hydroxylation is 1. The van der Waals surface area contributed by atoms with Crippen LogP contribution in [0.2, 0.25) is 0 Å². The Bertz CT molecular complexity index is 975. The van der Waals surface area contributed by atoms with Crippen LogP contribution in [0.25, 0.3) is 11.0 Å². The molecule has 7 nitrogen and oxygen atoms in total. The smallest absolute Gasteiger partial charge is 0.329 e. The third kappa shape index (κ3) is 2.39. The van der Waals surface area contributed by atoms with Gasteiger partial charge in [0.2, 0.25) is 5.91 Å². The van der Waals surface area contributed by atoms with Crippen molar-refractivity contribution in [3.8, 4) is 0 Å². The maximum absolute atomic E-state index is 13.0. The molecule has 4 rings (SSSR count). The third-order valence-electron chi connectivity index (χ3n) is 5.23. The van der Waals surface area contributed by atoms with Crippen molar-refractivity contribution < 1.29 is 8.91 Å². The molecule has 2 aromatic rings. The first-order valence-corrected chi connectivity index (χ1v) is 8.30. The van der Waals surface area contributed by atoms with E-state index < -0.39 is 18.2 Å². The minimum absolute atomic E-state index is 0.0730. The number of hydrogen-bond acceptors (Lipinski definition) is 4. The number of anilines is 1. The number of imidazole rings is 1. The lowest BCUT2D eigenvalue weighted by molar-refractivity contribution is -0.124. The highest BCUT2D eigenvalue weighted by molar-refractivity contribution is 5.81. The molecule has 0 aromatic carbocycles. The number of nitrogens with zero attached hydrogens (tertiary/aromatic N) is 3. The minimum atomic E-state index is -2.61. The molecule has 2 aromatic heterocycles. The van der Waals surface area contributed by atoms with Crippen LogP contribution in [0.4, 0.5) is 5.82 Å². The first-order valence-electron chi connectivity index (χ1n) is 9.80. The lowest BCUT2D eigenvalue weighted by atomic mass is 10.00. The van der Waals surface area contributed by atoms with E-state index in [-0.39, 0.29) is 29.2 Å². The SMILES string of the molecule is [2H]C([2H])([2H])n1c(=O)n([C@@H]2CC[C@@](C)(NC(=O)C3CC3)C2)c2cc(N)ncc21. The summed E-state index contributed by atoms with van der Waals surface area (Å²) >= 11 is 0. The second-order valence-corrected chi connectivity index (χ2v) is 7.31. The number of aromatic nitrogens is 3. The molecule has 0 radical (unpaired) electrons. The summed E-state index contributed by atoms with van der Waals surface area (Å²) < 4.78 is 25.5. The fraction of sp³-hybridized carbons (Fsp3) is 0.588. The summed E-state index contributed by atoms with van der Waals surface area (Å²) in [5.41, 5.74) is 5.49. The maximum Gasteiger partial charge on any atom is 0.329 e. The molecule has 0 saturated heterocycles. The molecule has 2 aliphatic carbocycles. The van der Waals surface area contributed by atoms with E-state index >= 15 is 0 Å². The van der Waals surface area contributed by atoms with Gasteiger partial charge in [-0.05, 0) is 39.0 Å². The summed E-state index contributed by atoms with van der Waals surface area (Å²) in [7, 11) is 0. The molecule has 2 atom stereocenters. The zero-order valence-electron chi connectivity index (χ0n) is 16.6. The van der Waals surface area contributed by atoms with E-state index in [0.29, 0.717) is 18.4 Å². The summed E-state index contributed by atoms with van der Waals surface area (Å²) in [6.07, 6.45) is 5.16. The highest BCUT2D eigenvalue weighted by Gasteiger charge is 2.41. The molecule has 1 amide bonds. The Kier molecular flexibility index (Phi) is 2.57. The van der Waals surface area contributed by atoms with E-state index in [1.807, 2.05) is 6.92 Å². The Labute approximate surface area is 144 Å². The highest BCUT2D eigenvalue weighted by atomic mass is 16.2. The van der Waals surface area contributed by atoms with Gasteiger partial charge in [-0.15, -0.1) is 0 Å². The van der Waals surface area contributed by atoms with Gasteiger partial charge in [0, 0.05) is 34.7 Å². The molecular weight excluding hydrogens is 306 g/mol. The lowest BCUT2D eigenvalue weighted by Gasteiger charge is -2.26. The Hall–Kier alpha value is -2.31. The third-order valence-corrected chi connectivity index (χ3v) is 5.23. The largest absolute Gasteiger partial charge is 0.384 e. The second kappa shape index (κ2) is 5.09. The van der Waals surface area contributed by atoms with Crippen LogP contribution in [-0.4, -0.2) is 25.6 Å². The molecule has 128 valence electrons. The van der Waals surface area contributed by atoms with Gasteiger partial charge in [0.1, 0.15) is 5.82 Å². The Morgan fingerprint density at radius 3 is 2.96 bits per heavy atom. The Morgan fingerprint density at radius 1 is 1.46 bits per heavy atom. The van der Waals surface area contributed by atoms with Crippen molar-refractivity contribution >= 4 is 22.8 Å². The van der Waals surface area contributed by atoms with Crippen molar-refractivity contribution in [3.63, 3.8) is 0 Å². The minimum Gasteiger partial charge on any atom is -0.384 e. The number of carbonyl (C=O) groups excluding carboxylic acids is 1. The molecular formula is C17H23N5O2. The van der Waals surface area contributed by atoms with Crippen molar-refractivity contribution in [3.05, 3.63) is 22.7 Å². The number of pyridine rings is 1. The first-order chi connectivity index (χ1) is 12.6. The highest BCUT2D eigenvalue weighted by Crippen LogP contribution is 2.39. The van der Waals surface area contributed by atoms with Crippen LogP contribution in [0, 0.1) is 5.92 Å². The number of rotatable bonds is 3. The first kappa shape index (κ1) is 12.1. The van der Waals surface area contributed by atoms with Crippen LogP contribution in [0.15, 0.2) is 17.1 Å². The van der Waals surface area contributed by atoms with Gasteiger partial charge in [0.25, 0.3) is 0 Å². The average Bonchev–Trinajstić information content (AvgIpc) is 3.27. The van der Waals surface area contributed by atoms with Crippen LogP contribution < -0.4 is 16.7 Å². The number of nitrogen functional groups attached to an aromatic ring is 1. The van der Waals surface area contributed by atoms with E-state index in [1.54, 1.807) is 0 Å². The summed E-state index contributed by atoms with van der Waals surface area (Å²) in [5, 5.41) is 3.12. The lowest BCUT2D eigenvalue weighted by Crippen LogP contribution is -2.45. The molecule has 0 unspecified atom stereocenters. The molecule has 2 aliphatic rings. The monoisotopic (exact) mass is 332 g/mol. The number of fused-ring (bicyclic) bond motifs is 1. The second-order valence-electron chi connectivity index (χ2n) is 7.31. The van der Waals surface area contributed by atoms with E-state index in [0.717, 1.165) is 23.8 Å². The van der Waals surface area contributed by atoms with Gasteiger partial charge < -0.3 is 11.1 Å². The van der Waals surface area contributed by atoms with Crippen LogP contribution in [0.3, 0.4) is 0 Å². The van der Waals surface area contributed by atoms with Gasteiger partial charge in [-0.1, -0.05) is 0 Å². The summed E-state index contributed by atoms with van der Waals surface area (Å²) in [6.45, 7) is -0.627. The van der Waals surface area contributed by atoms with Gasteiger partial charge in [-0.3, -0.25) is 13.9 Å². The molecule has 7 heteroatoms. The summed E-state index contributed by atoms with van der Waals surface area (Å²) in [6, 6.07) is 1.33. The van der Waals surface area contributed by atoms with Gasteiger partial charge in [-0.25, -0.2) is 9.78 Å². The van der Waals surface area contributed by atoms with E-state index in [1.165, 1.54) is 16.8 Å². The molecule has 2 fully saturated rings. The zero-order chi connectivity index (χ0) is 19.6. The van der Waals surface area contributed by atoms with Crippen LogP contribution in [0.5, 0.6) is 0 Å². The fourth-order valence-corrected chi connectivity index (χ4v) is 3.77. The van der Waals surface area contributed by atoms with Gasteiger partial charge in [0.05, 0.1) is 17.2 Å². The van der Waals surface area contributed by atoms with Crippen LogP contribution >= 0.6 is 0 Å². The quantitative estimate of drug-likeness (QED) is 0.886. The predicted octanol–water partition coefficient (Wildman–Crippen LogP) is 1.33. The molecule has 2 heterocycles. The van der Waals surface area contributed by atoms with E-state index in [2.05, 4.69) is 10.3 Å². The molecule has 0 bridgehead atoms. The standard InChI is InChI=1S/C17H23N5O2/c1-17(20-15(23)10-3-4-10)6-5-11(8-17)22-12-7-14(18)19-9-13(12)21(2)16(22)24/h7,9-11H,3-6,8H2,1-2H3,(H2,18,19)(H,20,23)/t11-,17-/m1/s1/i2D3. The van der Waals surface area contributed by atoms with Gasteiger partial charge in [-0.2, -0.15) is 0 Å². The average molecular weight is 332 g/mol. The molecule has 0 spiro atoms. The van der Waals surface area contributed by atoms with Crippen molar-refractivity contribution in [2.75, 3.05) is 5.73 Å². The number of nitrogens with one attached hydrogen (secondary N) is 1. The molecule has 24 heavy (non-hydrogen) atoms. The topological polar surface area (TPSA) is 94.9 Å². The van der Waals surface area contributed by atoms with Crippen molar-refractivity contribution in [1.29, 1.82) is 0 Å². The van der Waals surface area contributed by atoms with Crippen molar-refractivity contribution in [2.45, 2.75) is 50.6 Å². The fourth-order valence-electron chi connectivity index (χ4n) is 3.77. The number of nitrogens with two attached hydrogens (primary N) is 1. The van der Waals surface area contributed by atoms with Gasteiger partial charge in [0.15, 0.2) is 0 Å². The van der Waals surface area contributed by atoms with Crippen molar-refractivity contribution in [1.82, 2.24) is 19.4 Å². The Morgan fingerprint density at radius 2 is 2.25 bits per heavy atom. The molecule has 3 N–H and O–H groups in total. The van der Waals surface area contributed by atoms with Crippen LogP contribution in [0.1, 0.15) is 49.2 Å². The predicted molar refractivity (Wildman–Crippen MR) is 91.5 cm³/mol.